The summed E-state index contributed by atoms with van der Waals surface area (Å²) in [4.78, 5) is 28.9. The lowest BCUT2D eigenvalue weighted by atomic mass is 10.0. The number of hydrogen-bond acceptors (Lipinski definition) is 5. The molecule has 220 valence electrons. The molecular weight excluding hydrogens is 538 g/mol. The summed E-state index contributed by atoms with van der Waals surface area (Å²) in [6.07, 6.45) is 2.65. The summed E-state index contributed by atoms with van der Waals surface area (Å²) in [5, 5.41) is 2.98. The minimum atomic E-state index is -3.61. The Labute approximate surface area is 244 Å². The molecule has 8 nitrogen and oxygen atoms in total. The number of carbonyl (C=O) groups excluding carboxylic acids is 2. The number of methoxy groups -OCH3 is 1. The molecule has 0 saturated carbocycles. The Kier molecular flexibility index (Phi) is 11.8. The van der Waals surface area contributed by atoms with Gasteiger partial charge >= 0.3 is 0 Å². The average Bonchev–Trinajstić information content (AvgIpc) is 2.96. The Morgan fingerprint density at radius 1 is 0.951 bits per heavy atom. The molecule has 3 aromatic rings. The van der Waals surface area contributed by atoms with Crippen LogP contribution in [0.3, 0.4) is 0 Å². The van der Waals surface area contributed by atoms with Crippen LogP contribution >= 0.6 is 0 Å². The molecule has 0 spiro atoms. The van der Waals surface area contributed by atoms with Gasteiger partial charge in [-0.2, -0.15) is 0 Å². The SMILES string of the molecule is CCCNC(=O)[C@@H](Cc1ccccc1)N(Cc1ccc(C)cc1)C(=O)CCCN(c1cccc(OC)c1)S(C)(=O)=O. The van der Waals surface area contributed by atoms with Crippen molar-refractivity contribution in [2.75, 3.05) is 30.8 Å². The van der Waals surface area contributed by atoms with Crippen molar-refractivity contribution in [2.45, 2.75) is 52.1 Å². The van der Waals surface area contributed by atoms with E-state index in [1.807, 2.05) is 68.4 Å². The molecule has 0 radical (unpaired) electrons. The van der Waals surface area contributed by atoms with E-state index in [-0.39, 0.29) is 37.7 Å². The average molecular weight is 580 g/mol. The Bertz CT molecular complexity index is 1380. The number of ether oxygens (including phenoxy) is 1. The van der Waals surface area contributed by atoms with Crippen LogP contribution in [0, 0.1) is 6.92 Å². The molecule has 1 N–H and O–H groups in total. The van der Waals surface area contributed by atoms with Gasteiger partial charge in [0.2, 0.25) is 21.8 Å². The van der Waals surface area contributed by atoms with Crippen molar-refractivity contribution in [3.05, 3.63) is 95.6 Å². The number of benzene rings is 3. The smallest absolute Gasteiger partial charge is 0.243 e. The number of carbonyl (C=O) groups is 2. The first-order valence-electron chi connectivity index (χ1n) is 13.9. The largest absolute Gasteiger partial charge is 0.497 e. The molecule has 0 bridgehead atoms. The molecule has 3 rings (SSSR count). The molecule has 0 aliphatic carbocycles. The molecule has 9 heteroatoms. The molecule has 0 aliphatic rings. The molecule has 2 amide bonds. The van der Waals surface area contributed by atoms with Crippen molar-refractivity contribution in [1.29, 1.82) is 0 Å². The summed E-state index contributed by atoms with van der Waals surface area (Å²) in [6, 6.07) is 23.7. The lowest BCUT2D eigenvalue weighted by Crippen LogP contribution is -2.50. The first-order valence-corrected chi connectivity index (χ1v) is 15.8. The highest BCUT2D eigenvalue weighted by Crippen LogP contribution is 2.24. The molecule has 0 aliphatic heterocycles. The van der Waals surface area contributed by atoms with Gasteiger partial charge < -0.3 is 15.0 Å². The minimum absolute atomic E-state index is 0.0776. The molecule has 1 atom stereocenters. The number of anilines is 1. The van der Waals surface area contributed by atoms with Crippen molar-refractivity contribution >= 4 is 27.5 Å². The predicted octanol–water partition coefficient (Wildman–Crippen LogP) is 4.72. The summed E-state index contributed by atoms with van der Waals surface area (Å²) >= 11 is 0. The maximum absolute atomic E-state index is 13.9. The zero-order valence-corrected chi connectivity index (χ0v) is 25.2. The number of amides is 2. The van der Waals surface area contributed by atoms with Crippen LogP contribution in [0.25, 0.3) is 0 Å². The zero-order valence-electron chi connectivity index (χ0n) is 24.4. The maximum atomic E-state index is 13.9. The summed E-state index contributed by atoms with van der Waals surface area (Å²) < 4.78 is 31.8. The topological polar surface area (TPSA) is 96.0 Å². The molecule has 41 heavy (non-hydrogen) atoms. The third-order valence-corrected chi connectivity index (χ3v) is 7.98. The van der Waals surface area contributed by atoms with Crippen LogP contribution in [0.15, 0.2) is 78.9 Å². The number of sulfonamides is 1. The third kappa shape index (κ3) is 9.63. The second-order valence-corrected chi connectivity index (χ2v) is 12.1. The van der Waals surface area contributed by atoms with E-state index in [4.69, 9.17) is 4.74 Å². The Balaban J connectivity index is 1.86. The van der Waals surface area contributed by atoms with E-state index in [0.717, 1.165) is 29.4 Å². The fraction of sp³-hybridized carbons (Fsp3) is 0.375. The van der Waals surface area contributed by atoms with E-state index >= 15 is 0 Å². The quantitative estimate of drug-likeness (QED) is 0.281. The van der Waals surface area contributed by atoms with Crippen molar-refractivity contribution in [1.82, 2.24) is 10.2 Å². The van der Waals surface area contributed by atoms with Gasteiger partial charge in [-0.3, -0.25) is 13.9 Å². The minimum Gasteiger partial charge on any atom is -0.497 e. The molecule has 3 aromatic carbocycles. The fourth-order valence-electron chi connectivity index (χ4n) is 4.58. The van der Waals surface area contributed by atoms with E-state index in [0.29, 0.717) is 24.4 Å². The van der Waals surface area contributed by atoms with Crippen LogP contribution in [-0.2, 0) is 32.6 Å². The Morgan fingerprint density at radius 2 is 1.66 bits per heavy atom. The molecular formula is C32H41N3O5S. The van der Waals surface area contributed by atoms with E-state index in [1.54, 1.807) is 29.2 Å². The van der Waals surface area contributed by atoms with Gasteiger partial charge in [0.25, 0.3) is 0 Å². The van der Waals surface area contributed by atoms with Crippen LogP contribution < -0.4 is 14.4 Å². The van der Waals surface area contributed by atoms with Crippen LogP contribution in [-0.4, -0.2) is 57.6 Å². The van der Waals surface area contributed by atoms with Gasteiger partial charge in [0, 0.05) is 38.5 Å². The summed E-state index contributed by atoms with van der Waals surface area (Å²) in [5.74, 6) is 0.126. The lowest BCUT2D eigenvalue weighted by Gasteiger charge is -2.32. The van der Waals surface area contributed by atoms with Crippen molar-refractivity contribution in [2.24, 2.45) is 0 Å². The van der Waals surface area contributed by atoms with Crippen LogP contribution in [0.1, 0.15) is 42.9 Å². The summed E-state index contributed by atoms with van der Waals surface area (Å²) in [7, 11) is -2.08. The zero-order chi connectivity index (χ0) is 29.8. The van der Waals surface area contributed by atoms with Crippen molar-refractivity contribution in [3.8, 4) is 5.75 Å². The molecule has 0 unspecified atom stereocenters. The van der Waals surface area contributed by atoms with Gasteiger partial charge in [-0.05, 0) is 43.0 Å². The normalized spacial score (nSPS) is 11.9. The van der Waals surface area contributed by atoms with Crippen LogP contribution in [0.4, 0.5) is 5.69 Å². The van der Waals surface area contributed by atoms with Gasteiger partial charge in [-0.1, -0.05) is 73.2 Å². The fourth-order valence-corrected chi connectivity index (χ4v) is 5.54. The third-order valence-electron chi connectivity index (χ3n) is 6.79. The van der Waals surface area contributed by atoms with Gasteiger partial charge in [-0.25, -0.2) is 8.42 Å². The summed E-state index contributed by atoms with van der Waals surface area (Å²) in [6.45, 7) is 4.88. The summed E-state index contributed by atoms with van der Waals surface area (Å²) in [5.41, 5.74) is 3.44. The van der Waals surface area contributed by atoms with Crippen LogP contribution in [0.2, 0.25) is 0 Å². The first kappa shape index (κ1) is 31.7. The van der Waals surface area contributed by atoms with Gasteiger partial charge in [-0.15, -0.1) is 0 Å². The standard InChI is InChI=1S/C32H41N3O5S/c1-5-20-33-32(37)30(22-26-11-7-6-8-12-26)34(24-27-18-16-25(2)17-19-27)31(36)15-10-21-35(41(4,38)39)28-13-9-14-29(23-28)40-3/h6-9,11-14,16-19,23,30H,5,10,15,20-22,24H2,1-4H3,(H,33,37)/t30-/m1/s1. The van der Waals surface area contributed by atoms with E-state index in [9.17, 15) is 18.0 Å². The molecule has 0 saturated heterocycles. The second kappa shape index (κ2) is 15.2. The number of nitrogens with zero attached hydrogens (tertiary/aromatic N) is 2. The van der Waals surface area contributed by atoms with Crippen LogP contribution in [0.5, 0.6) is 5.75 Å². The van der Waals surface area contributed by atoms with Crippen molar-refractivity contribution < 1.29 is 22.7 Å². The van der Waals surface area contributed by atoms with Gasteiger partial charge in [0.1, 0.15) is 11.8 Å². The highest BCUT2D eigenvalue weighted by molar-refractivity contribution is 7.92. The number of rotatable bonds is 15. The van der Waals surface area contributed by atoms with E-state index in [1.165, 1.54) is 11.4 Å². The lowest BCUT2D eigenvalue weighted by molar-refractivity contribution is -0.141. The van der Waals surface area contributed by atoms with E-state index < -0.39 is 16.1 Å². The number of aryl methyl sites for hydroxylation is 1. The predicted molar refractivity (Wildman–Crippen MR) is 163 cm³/mol. The monoisotopic (exact) mass is 579 g/mol. The molecule has 0 fully saturated rings. The van der Waals surface area contributed by atoms with Gasteiger partial charge in [0.05, 0.1) is 19.1 Å². The molecule has 0 aromatic heterocycles. The van der Waals surface area contributed by atoms with E-state index in [2.05, 4.69) is 5.32 Å². The van der Waals surface area contributed by atoms with Gasteiger partial charge in [0.15, 0.2) is 0 Å². The highest BCUT2D eigenvalue weighted by Gasteiger charge is 2.30. The Hall–Kier alpha value is -3.85. The molecule has 0 heterocycles. The second-order valence-electron chi connectivity index (χ2n) is 10.1. The first-order chi connectivity index (χ1) is 19.6. The number of hydrogen-bond donors (Lipinski definition) is 1. The maximum Gasteiger partial charge on any atom is 0.243 e. The number of nitrogens with one attached hydrogen (secondary N) is 1. The van der Waals surface area contributed by atoms with Crippen molar-refractivity contribution in [3.63, 3.8) is 0 Å². The Morgan fingerprint density at radius 3 is 2.29 bits per heavy atom. The highest BCUT2D eigenvalue weighted by atomic mass is 32.2.